The van der Waals surface area contributed by atoms with Gasteiger partial charge in [-0.3, -0.25) is 0 Å². The van der Waals surface area contributed by atoms with Gasteiger partial charge in [0, 0.05) is 23.5 Å². The molecule has 0 aliphatic carbocycles. The first kappa shape index (κ1) is 10.5. The van der Waals surface area contributed by atoms with Crippen LogP contribution in [0.25, 0.3) is 0 Å². The molecule has 0 atom stereocenters. The van der Waals surface area contributed by atoms with E-state index in [0.29, 0.717) is 17.8 Å². The van der Waals surface area contributed by atoms with Gasteiger partial charge in [-0.1, -0.05) is 24.3 Å². The molecule has 82 valence electrons. The van der Waals surface area contributed by atoms with Crippen molar-refractivity contribution in [3.05, 3.63) is 59.9 Å². The molecule has 2 aromatic rings. The van der Waals surface area contributed by atoms with Gasteiger partial charge in [-0.2, -0.15) is 0 Å². The van der Waals surface area contributed by atoms with Crippen molar-refractivity contribution in [2.75, 3.05) is 11.1 Å². The minimum atomic E-state index is -0.195. The molecule has 0 saturated heterocycles. The number of hydrogen-bond acceptors (Lipinski definition) is 2. The Bertz CT molecular complexity index is 483. The number of halogens is 1. The van der Waals surface area contributed by atoms with E-state index in [9.17, 15) is 4.39 Å². The lowest BCUT2D eigenvalue weighted by Crippen LogP contribution is -2.01. The highest BCUT2D eigenvalue weighted by atomic mass is 19.1. The van der Waals surface area contributed by atoms with Crippen LogP contribution in [0.4, 0.5) is 15.8 Å². The largest absolute Gasteiger partial charge is 0.399 e. The number of nitrogen functional groups attached to an aromatic ring is 1. The Hall–Kier alpha value is -2.03. The van der Waals surface area contributed by atoms with Crippen LogP contribution in [0.2, 0.25) is 0 Å². The molecule has 2 aromatic carbocycles. The van der Waals surface area contributed by atoms with Gasteiger partial charge in [-0.25, -0.2) is 4.39 Å². The number of rotatable bonds is 3. The number of nitrogens with two attached hydrogens (primary N) is 1. The van der Waals surface area contributed by atoms with Crippen molar-refractivity contribution in [1.82, 2.24) is 0 Å². The van der Waals surface area contributed by atoms with Crippen molar-refractivity contribution in [1.29, 1.82) is 0 Å². The minimum Gasteiger partial charge on any atom is -0.399 e. The quantitative estimate of drug-likeness (QED) is 0.774. The Morgan fingerprint density at radius 3 is 2.62 bits per heavy atom. The summed E-state index contributed by atoms with van der Waals surface area (Å²) in [7, 11) is 0. The third kappa shape index (κ3) is 2.51. The van der Waals surface area contributed by atoms with Gasteiger partial charge >= 0.3 is 0 Å². The van der Waals surface area contributed by atoms with Crippen LogP contribution in [0.1, 0.15) is 5.56 Å². The Morgan fingerprint density at radius 1 is 1.06 bits per heavy atom. The predicted octanol–water partition coefficient (Wildman–Crippen LogP) is 3.02. The SMILES string of the molecule is Nc1cccc(NCc2ccccc2F)c1. The van der Waals surface area contributed by atoms with Crippen molar-refractivity contribution in [3.8, 4) is 0 Å². The van der Waals surface area contributed by atoms with Crippen molar-refractivity contribution in [2.45, 2.75) is 6.54 Å². The normalized spacial score (nSPS) is 10.1. The minimum absolute atomic E-state index is 0.195. The number of hydrogen-bond donors (Lipinski definition) is 2. The lowest BCUT2D eigenvalue weighted by molar-refractivity contribution is 0.613. The highest BCUT2D eigenvalue weighted by Crippen LogP contribution is 2.14. The molecular weight excluding hydrogens is 203 g/mol. The maximum atomic E-state index is 13.3. The molecular formula is C13H13FN2. The summed E-state index contributed by atoms with van der Waals surface area (Å²) in [5.41, 5.74) is 7.87. The van der Waals surface area contributed by atoms with E-state index in [0.717, 1.165) is 5.69 Å². The van der Waals surface area contributed by atoms with Gasteiger partial charge in [0.25, 0.3) is 0 Å². The maximum absolute atomic E-state index is 13.3. The molecule has 0 spiro atoms. The lowest BCUT2D eigenvalue weighted by Gasteiger charge is -2.07. The van der Waals surface area contributed by atoms with Crippen LogP contribution in [0.3, 0.4) is 0 Å². The maximum Gasteiger partial charge on any atom is 0.128 e. The number of benzene rings is 2. The summed E-state index contributed by atoms with van der Waals surface area (Å²) in [6.45, 7) is 0.454. The molecule has 3 heteroatoms. The molecule has 0 aliphatic heterocycles. The Balaban J connectivity index is 2.05. The van der Waals surface area contributed by atoms with Crippen LogP contribution in [-0.2, 0) is 6.54 Å². The smallest absolute Gasteiger partial charge is 0.128 e. The number of nitrogens with one attached hydrogen (secondary N) is 1. The highest BCUT2D eigenvalue weighted by Gasteiger charge is 1.99. The fraction of sp³-hybridized carbons (Fsp3) is 0.0769. The fourth-order valence-corrected chi connectivity index (χ4v) is 1.49. The van der Waals surface area contributed by atoms with Gasteiger partial charge in [0.15, 0.2) is 0 Å². The molecule has 3 N–H and O–H groups in total. The van der Waals surface area contributed by atoms with E-state index in [-0.39, 0.29) is 5.82 Å². The first-order chi connectivity index (χ1) is 7.75. The second kappa shape index (κ2) is 4.66. The Morgan fingerprint density at radius 2 is 1.88 bits per heavy atom. The van der Waals surface area contributed by atoms with Gasteiger partial charge in [0.2, 0.25) is 0 Å². The van der Waals surface area contributed by atoms with Crippen molar-refractivity contribution < 1.29 is 4.39 Å². The van der Waals surface area contributed by atoms with Gasteiger partial charge in [-0.05, 0) is 24.3 Å². The second-order valence-corrected chi connectivity index (χ2v) is 3.57. The molecule has 2 rings (SSSR count). The molecule has 0 bridgehead atoms. The first-order valence-electron chi connectivity index (χ1n) is 5.08. The van der Waals surface area contributed by atoms with Gasteiger partial charge in [0.05, 0.1) is 0 Å². The van der Waals surface area contributed by atoms with Gasteiger partial charge in [0.1, 0.15) is 5.82 Å². The molecule has 0 unspecified atom stereocenters. The zero-order chi connectivity index (χ0) is 11.4. The van der Waals surface area contributed by atoms with E-state index in [1.54, 1.807) is 12.1 Å². The topological polar surface area (TPSA) is 38.0 Å². The van der Waals surface area contributed by atoms with E-state index in [2.05, 4.69) is 5.32 Å². The molecule has 2 nitrogen and oxygen atoms in total. The zero-order valence-corrected chi connectivity index (χ0v) is 8.78. The molecule has 0 radical (unpaired) electrons. The number of anilines is 2. The second-order valence-electron chi connectivity index (χ2n) is 3.57. The molecule has 0 saturated carbocycles. The highest BCUT2D eigenvalue weighted by molar-refractivity contribution is 5.54. The fourth-order valence-electron chi connectivity index (χ4n) is 1.49. The molecule has 16 heavy (non-hydrogen) atoms. The van der Waals surface area contributed by atoms with E-state index >= 15 is 0 Å². The van der Waals surface area contributed by atoms with Crippen LogP contribution < -0.4 is 11.1 Å². The molecule has 0 aliphatic rings. The van der Waals surface area contributed by atoms with Crippen molar-refractivity contribution in [3.63, 3.8) is 0 Å². The van der Waals surface area contributed by atoms with Crippen LogP contribution in [0.15, 0.2) is 48.5 Å². The predicted molar refractivity (Wildman–Crippen MR) is 64.6 cm³/mol. The van der Waals surface area contributed by atoms with Crippen molar-refractivity contribution in [2.24, 2.45) is 0 Å². The molecule has 0 aromatic heterocycles. The zero-order valence-electron chi connectivity index (χ0n) is 8.78. The molecule has 0 fully saturated rings. The van der Waals surface area contributed by atoms with E-state index in [1.165, 1.54) is 6.07 Å². The van der Waals surface area contributed by atoms with Crippen LogP contribution in [-0.4, -0.2) is 0 Å². The van der Waals surface area contributed by atoms with E-state index < -0.39 is 0 Å². The lowest BCUT2D eigenvalue weighted by atomic mass is 10.2. The summed E-state index contributed by atoms with van der Waals surface area (Å²) in [5, 5.41) is 3.12. The Kier molecular flexibility index (Phi) is 3.05. The summed E-state index contributed by atoms with van der Waals surface area (Å²) in [5.74, 6) is -0.195. The summed E-state index contributed by atoms with van der Waals surface area (Å²) >= 11 is 0. The average Bonchev–Trinajstić information content (AvgIpc) is 2.28. The average molecular weight is 216 g/mol. The summed E-state index contributed by atoms with van der Waals surface area (Å²) < 4.78 is 13.3. The van der Waals surface area contributed by atoms with E-state index in [1.807, 2.05) is 30.3 Å². The molecule has 0 amide bonds. The summed E-state index contributed by atoms with van der Waals surface area (Å²) in [6.07, 6.45) is 0. The molecule has 0 heterocycles. The summed E-state index contributed by atoms with van der Waals surface area (Å²) in [6, 6.07) is 14.1. The van der Waals surface area contributed by atoms with E-state index in [4.69, 9.17) is 5.73 Å². The van der Waals surface area contributed by atoms with Gasteiger partial charge < -0.3 is 11.1 Å². The van der Waals surface area contributed by atoms with Crippen LogP contribution in [0, 0.1) is 5.82 Å². The van der Waals surface area contributed by atoms with Crippen LogP contribution in [0.5, 0.6) is 0 Å². The third-order valence-corrected chi connectivity index (χ3v) is 2.33. The third-order valence-electron chi connectivity index (χ3n) is 2.33. The van der Waals surface area contributed by atoms with Crippen molar-refractivity contribution >= 4 is 11.4 Å². The standard InChI is InChI=1S/C13H13FN2/c14-13-7-2-1-4-10(13)9-16-12-6-3-5-11(15)8-12/h1-8,16H,9,15H2. The Labute approximate surface area is 93.9 Å². The first-order valence-corrected chi connectivity index (χ1v) is 5.08. The van der Waals surface area contributed by atoms with Gasteiger partial charge in [-0.15, -0.1) is 0 Å². The monoisotopic (exact) mass is 216 g/mol. The summed E-state index contributed by atoms with van der Waals surface area (Å²) in [4.78, 5) is 0. The van der Waals surface area contributed by atoms with Crippen LogP contribution >= 0.6 is 0 Å².